The van der Waals surface area contributed by atoms with Gasteiger partial charge in [0.25, 0.3) is 5.91 Å². The summed E-state index contributed by atoms with van der Waals surface area (Å²) in [7, 11) is 0. The number of carbonyl (C=O) groups excluding carboxylic acids is 1. The minimum atomic E-state index is -0.286. The fraction of sp³-hybridized carbons (Fsp3) is 0.429. The third-order valence-electron chi connectivity index (χ3n) is 3.17. The van der Waals surface area contributed by atoms with E-state index in [2.05, 4.69) is 5.32 Å². The quantitative estimate of drug-likeness (QED) is 0.823. The van der Waals surface area contributed by atoms with Crippen LogP contribution in [0.2, 0.25) is 0 Å². The van der Waals surface area contributed by atoms with Crippen molar-refractivity contribution < 1.29 is 9.90 Å². The predicted octanol–water partition coefficient (Wildman–Crippen LogP) is 1.45. The highest BCUT2D eigenvalue weighted by Gasteiger charge is 2.29. The Morgan fingerprint density at radius 3 is 2.67 bits per heavy atom. The lowest BCUT2D eigenvalue weighted by Gasteiger charge is -2.09. The molecule has 0 spiro atoms. The minimum Gasteiger partial charge on any atom is -0.393 e. The monoisotopic (exact) mass is 244 g/mol. The summed E-state index contributed by atoms with van der Waals surface area (Å²) in [5.41, 5.74) is 1.07. The Balaban J connectivity index is 1.78. The van der Waals surface area contributed by atoms with Crippen LogP contribution in [0, 0.1) is 17.2 Å². The highest BCUT2D eigenvalue weighted by molar-refractivity contribution is 5.94. The van der Waals surface area contributed by atoms with Crippen molar-refractivity contribution in [2.24, 2.45) is 5.92 Å². The van der Waals surface area contributed by atoms with Gasteiger partial charge in [-0.2, -0.15) is 5.26 Å². The molecule has 1 aromatic rings. The topological polar surface area (TPSA) is 73.1 Å². The van der Waals surface area contributed by atoms with Gasteiger partial charge in [0.15, 0.2) is 0 Å². The number of benzene rings is 1. The maximum absolute atomic E-state index is 11.7. The SMILES string of the molecule is N#Cc1ccc(C(=O)NCC[C@H](O)C2CC2)cc1. The highest BCUT2D eigenvalue weighted by Crippen LogP contribution is 2.33. The van der Waals surface area contributed by atoms with Crippen LogP contribution in [0.15, 0.2) is 24.3 Å². The molecule has 94 valence electrons. The van der Waals surface area contributed by atoms with Crippen molar-refractivity contribution in [1.29, 1.82) is 5.26 Å². The zero-order valence-electron chi connectivity index (χ0n) is 10.1. The maximum atomic E-state index is 11.7. The van der Waals surface area contributed by atoms with Crippen LogP contribution >= 0.6 is 0 Å². The standard InChI is InChI=1S/C14H16N2O2/c15-9-10-1-3-12(4-2-10)14(18)16-8-7-13(17)11-5-6-11/h1-4,11,13,17H,5-8H2,(H,16,18)/t13-/m0/s1. The van der Waals surface area contributed by atoms with Crippen LogP contribution in [0.3, 0.4) is 0 Å². The fourth-order valence-electron chi connectivity index (χ4n) is 1.85. The molecule has 2 N–H and O–H groups in total. The van der Waals surface area contributed by atoms with Crippen molar-refractivity contribution in [2.45, 2.75) is 25.4 Å². The lowest BCUT2D eigenvalue weighted by atomic mass is 10.1. The van der Waals surface area contributed by atoms with Crippen LogP contribution in [0.1, 0.15) is 35.2 Å². The van der Waals surface area contributed by atoms with Crippen molar-refractivity contribution in [1.82, 2.24) is 5.32 Å². The summed E-state index contributed by atoms with van der Waals surface area (Å²) < 4.78 is 0. The van der Waals surface area contributed by atoms with Gasteiger partial charge in [-0.1, -0.05) is 0 Å². The van der Waals surface area contributed by atoms with Gasteiger partial charge < -0.3 is 10.4 Å². The van der Waals surface area contributed by atoms with Gasteiger partial charge in [-0.3, -0.25) is 4.79 Å². The van der Waals surface area contributed by atoms with E-state index in [-0.39, 0.29) is 12.0 Å². The average Bonchev–Trinajstić information content (AvgIpc) is 3.23. The number of hydrogen-bond acceptors (Lipinski definition) is 3. The third-order valence-corrected chi connectivity index (χ3v) is 3.17. The highest BCUT2D eigenvalue weighted by atomic mass is 16.3. The van der Waals surface area contributed by atoms with Gasteiger partial charge >= 0.3 is 0 Å². The number of rotatable bonds is 5. The Labute approximate surface area is 106 Å². The minimum absolute atomic E-state index is 0.164. The number of nitrogens with zero attached hydrogens (tertiary/aromatic N) is 1. The third kappa shape index (κ3) is 3.31. The van der Waals surface area contributed by atoms with Crippen molar-refractivity contribution in [3.63, 3.8) is 0 Å². The first-order chi connectivity index (χ1) is 8.70. The van der Waals surface area contributed by atoms with Crippen LogP contribution in [0.25, 0.3) is 0 Å². The van der Waals surface area contributed by atoms with E-state index in [4.69, 9.17) is 5.26 Å². The Morgan fingerprint density at radius 1 is 1.44 bits per heavy atom. The van der Waals surface area contributed by atoms with Crippen molar-refractivity contribution in [3.8, 4) is 6.07 Å². The maximum Gasteiger partial charge on any atom is 0.251 e. The molecule has 0 unspecified atom stereocenters. The van der Waals surface area contributed by atoms with E-state index < -0.39 is 0 Å². The molecular formula is C14H16N2O2. The molecule has 1 aromatic carbocycles. The van der Waals surface area contributed by atoms with Crippen LogP contribution in [0.5, 0.6) is 0 Å². The van der Waals surface area contributed by atoms with Crippen LogP contribution in [-0.4, -0.2) is 23.7 Å². The summed E-state index contributed by atoms with van der Waals surface area (Å²) >= 11 is 0. The van der Waals surface area contributed by atoms with E-state index in [1.165, 1.54) is 0 Å². The first kappa shape index (κ1) is 12.6. The Bertz CT molecular complexity index is 458. The number of aliphatic hydroxyl groups is 1. The normalized spacial score (nSPS) is 15.8. The van der Waals surface area contributed by atoms with E-state index >= 15 is 0 Å². The van der Waals surface area contributed by atoms with E-state index in [1.807, 2.05) is 6.07 Å². The van der Waals surface area contributed by atoms with Gasteiger partial charge in [-0.25, -0.2) is 0 Å². The molecule has 1 amide bonds. The molecule has 0 radical (unpaired) electrons. The molecule has 0 bridgehead atoms. The fourth-order valence-corrected chi connectivity index (χ4v) is 1.85. The molecule has 0 aromatic heterocycles. The number of aliphatic hydroxyl groups excluding tert-OH is 1. The molecule has 2 rings (SSSR count). The van der Waals surface area contributed by atoms with Crippen LogP contribution < -0.4 is 5.32 Å². The molecule has 1 aliphatic rings. The first-order valence-corrected chi connectivity index (χ1v) is 6.17. The number of nitrogens with one attached hydrogen (secondary N) is 1. The van der Waals surface area contributed by atoms with Crippen molar-refractivity contribution in [2.75, 3.05) is 6.54 Å². The van der Waals surface area contributed by atoms with Crippen LogP contribution in [-0.2, 0) is 0 Å². The zero-order valence-corrected chi connectivity index (χ0v) is 10.1. The van der Waals surface area contributed by atoms with Gasteiger partial charge in [0.2, 0.25) is 0 Å². The molecule has 4 nitrogen and oxygen atoms in total. The van der Waals surface area contributed by atoms with E-state index in [9.17, 15) is 9.90 Å². The number of amides is 1. The largest absolute Gasteiger partial charge is 0.393 e. The van der Waals surface area contributed by atoms with E-state index in [0.717, 1.165) is 12.8 Å². The zero-order chi connectivity index (χ0) is 13.0. The summed E-state index contributed by atoms with van der Waals surface area (Å²) in [6, 6.07) is 8.50. The smallest absolute Gasteiger partial charge is 0.251 e. The summed E-state index contributed by atoms with van der Waals surface area (Å²) in [5, 5.41) is 21.1. The van der Waals surface area contributed by atoms with Crippen LogP contribution in [0.4, 0.5) is 0 Å². The Morgan fingerprint density at radius 2 is 2.11 bits per heavy atom. The predicted molar refractivity (Wildman–Crippen MR) is 66.8 cm³/mol. The number of hydrogen-bond donors (Lipinski definition) is 2. The van der Waals surface area contributed by atoms with Gasteiger partial charge in [0.1, 0.15) is 0 Å². The lowest BCUT2D eigenvalue weighted by Crippen LogP contribution is -2.27. The summed E-state index contributed by atoms with van der Waals surface area (Å²) in [4.78, 5) is 11.7. The lowest BCUT2D eigenvalue weighted by molar-refractivity contribution is 0.0937. The van der Waals surface area contributed by atoms with Gasteiger partial charge in [-0.15, -0.1) is 0 Å². The van der Waals surface area contributed by atoms with Gasteiger partial charge in [0, 0.05) is 12.1 Å². The molecule has 0 heterocycles. The molecule has 0 saturated heterocycles. The van der Waals surface area contributed by atoms with Gasteiger partial charge in [-0.05, 0) is 49.4 Å². The average molecular weight is 244 g/mol. The van der Waals surface area contributed by atoms with Gasteiger partial charge in [0.05, 0.1) is 17.7 Å². The number of carbonyl (C=O) groups is 1. The summed E-state index contributed by atoms with van der Waals surface area (Å²) in [6.07, 6.45) is 2.52. The van der Waals surface area contributed by atoms with E-state index in [0.29, 0.717) is 30.0 Å². The summed E-state index contributed by atoms with van der Waals surface area (Å²) in [5.74, 6) is 0.277. The van der Waals surface area contributed by atoms with Crippen molar-refractivity contribution in [3.05, 3.63) is 35.4 Å². The Kier molecular flexibility index (Phi) is 3.96. The molecular weight excluding hydrogens is 228 g/mol. The Hall–Kier alpha value is -1.86. The summed E-state index contributed by atoms with van der Waals surface area (Å²) in [6.45, 7) is 0.483. The van der Waals surface area contributed by atoms with Crippen molar-refractivity contribution >= 4 is 5.91 Å². The molecule has 1 aliphatic carbocycles. The molecule has 1 fully saturated rings. The molecule has 1 saturated carbocycles. The molecule has 1 atom stereocenters. The van der Waals surface area contributed by atoms with E-state index in [1.54, 1.807) is 24.3 Å². The molecule has 18 heavy (non-hydrogen) atoms. The number of nitriles is 1. The second kappa shape index (κ2) is 5.65. The second-order valence-electron chi connectivity index (χ2n) is 4.64. The second-order valence-corrected chi connectivity index (χ2v) is 4.64. The molecule has 4 heteroatoms. The molecule has 0 aliphatic heterocycles. The first-order valence-electron chi connectivity index (χ1n) is 6.17.